The number of hydrogen-bond acceptors (Lipinski definition) is 1. The lowest BCUT2D eigenvalue weighted by Gasteiger charge is -2.06. The number of hydrogen-bond donors (Lipinski definition) is 2. The van der Waals surface area contributed by atoms with E-state index < -0.39 is 0 Å². The molecule has 0 fully saturated rings. The van der Waals surface area contributed by atoms with Crippen LogP contribution in [0.15, 0.2) is 0 Å². The highest BCUT2D eigenvalue weighted by Crippen LogP contribution is 1.68. The quantitative estimate of drug-likeness (QED) is 0.472. The third-order valence-electron chi connectivity index (χ3n) is 1.23. The van der Waals surface area contributed by atoms with Gasteiger partial charge in [0.2, 0.25) is 5.91 Å². The number of quaternary nitrogens is 1. The third kappa shape index (κ3) is 7.43. The van der Waals surface area contributed by atoms with Crippen molar-refractivity contribution in [2.24, 2.45) is 0 Å². The average molecular weight is 145 g/mol. The normalized spacial score (nSPS) is 10.0. The fourth-order valence-electron chi connectivity index (χ4n) is 0.706. The molecule has 0 saturated carbocycles. The summed E-state index contributed by atoms with van der Waals surface area (Å²) in [5.74, 6) is 0.0637. The van der Waals surface area contributed by atoms with Crippen molar-refractivity contribution in [1.82, 2.24) is 5.32 Å². The summed E-state index contributed by atoms with van der Waals surface area (Å²) in [6, 6.07) is 0. The monoisotopic (exact) mass is 145 g/mol. The maximum Gasteiger partial charge on any atom is 0.216 e. The summed E-state index contributed by atoms with van der Waals surface area (Å²) in [5, 5.41) is 2.75. The zero-order chi connectivity index (χ0) is 7.98. The average Bonchev–Trinajstić information content (AvgIpc) is 1.79. The zero-order valence-corrected chi connectivity index (χ0v) is 7.03. The molecule has 0 heterocycles. The molecule has 0 atom stereocenters. The molecule has 0 aromatic rings. The second-order valence-electron chi connectivity index (χ2n) is 2.79. The van der Waals surface area contributed by atoms with Crippen LogP contribution in [-0.4, -0.2) is 33.1 Å². The minimum Gasteiger partial charge on any atom is -0.356 e. The topological polar surface area (TPSA) is 33.5 Å². The predicted molar refractivity (Wildman–Crippen MR) is 41.0 cm³/mol. The van der Waals surface area contributed by atoms with Crippen molar-refractivity contribution < 1.29 is 9.69 Å². The Morgan fingerprint density at radius 3 is 2.50 bits per heavy atom. The summed E-state index contributed by atoms with van der Waals surface area (Å²) in [5.41, 5.74) is 0. The largest absolute Gasteiger partial charge is 0.356 e. The van der Waals surface area contributed by atoms with E-state index in [1.54, 1.807) is 6.92 Å². The lowest BCUT2D eigenvalue weighted by atomic mass is 10.4. The van der Waals surface area contributed by atoms with Crippen molar-refractivity contribution in [3.05, 3.63) is 0 Å². The highest BCUT2D eigenvalue weighted by atomic mass is 16.1. The highest BCUT2D eigenvalue weighted by Gasteiger charge is 1.93. The molecule has 0 spiro atoms. The second kappa shape index (κ2) is 5.23. The first-order valence-electron chi connectivity index (χ1n) is 3.66. The molecule has 0 aliphatic rings. The van der Waals surface area contributed by atoms with Gasteiger partial charge in [0.15, 0.2) is 0 Å². The Morgan fingerprint density at radius 2 is 2.10 bits per heavy atom. The zero-order valence-electron chi connectivity index (χ0n) is 7.03. The molecule has 1 amide bonds. The van der Waals surface area contributed by atoms with Crippen LogP contribution in [0.4, 0.5) is 0 Å². The van der Waals surface area contributed by atoms with Crippen LogP contribution in [-0.2, 0) is 4.79 Å². The summed E-state index contributed by atoms with van der Waals surface area (Å²) in [7, 11) is 4.21. The number of carbonyl (C=O) groups is 1. The van der Waals surface area contributed by atoms with E-state index in [4.69, 9.17) is 0 Å². The van der Waals surface area contributed by atoms with E-state index in [1.165, 1.54) is 4.90 Å². The van der Waals surface area contributed by atoms with Crippen LogP contribution in [0.1, 0.15) is 13.3 Å². The molecule has 2 N–H and O–H groups in total. The van der Waals surface area contributed by atoms with Crippen LogP contribution < -0.4 is 10.2 Å². The Morgan fingerprint density at radius 1 is 1.50 bits per heavy atom. The van der Waals surface area contributed by atoms with Crippen LogP contribution in [0.5, 0.6) is 0 Å². The molecular weight excluding hydrogens is 128 g/mol. The standard InChI is InChI=1S/C7H16N2O/c1-7(10)8-5-4-6-9(2)3/h4-6H2,1-3H3,(H,8,10)/p+1. The molecule has 0 aliphatic carbocycles. The molecule has 0 bridgehead atoms. The predicted octanol–water partition coefficient (Wildman–Crippen LogP) is -1.34. The Hall–Kier alpha value is -0.570. The van der Waals surface area contributed by atoms with E-state index in [9.17, 15) is 4.79 Å². The first-order chi connectivity index (χ1) is 4.63. The molecular formula is C7H17N2O+. The van der Waals surface area contributed by atoms with Gasteiger partial charge in [-0.2, -0.15) is 0 Å². The molecule has 3 nitrogen and oxygen atoms in total. The molecule has 10 heavy (non-hydrogen) atoms. The lowest BCUT2D eigenvalue weighted by Crippen LogP contribution is -3.05. The van der Waals surface area contributed by atoms with Crippen LogP contribution in [0.3, 0.4) is 0 Å². The SMILES string of the molecule is CC(=O)NCCC[NH+](C)C. The Kier molecular flexibility index (Phi) is 4.94. The number of rotatable bonds is 4. The van der Waals surface area contributed by atoms with E-state index in [1.807, 2.05) is 0 Å². The van der Waals surface area contributed by atoms with Gasteiger partial charge in [-0.1, -0.05) is 0 Å². The second-order valence-corrected chi connectivity index (χ2v) is 2.79. The molecule has 0 aromatic carbocycles. The summed E-state index contributed by atoms with van der Waals surface area (Å²) >= 11 is 0. The van der Waals surface area contributed by atoms with Crippen molar-refractivity contribution >= 4 is 5.91 Å². The van der Waals surface area contributed by atoms with Gasteiger partial charge in [-0.15, -0.1) is 0 Å². The van der Waals surface area contributed by atoms with Crippen molar-refractivity contribution in [3.8, 4) is 0 Å². The summed E-state index contributed by atoms with van der Waals surface area (Å²) in [4.78, 5) is 11.8. The maximum atomic E-state index is 10.4. The van der Waals surface area contributed by atoms with Gasteiger partial charge in [0, 0.05) is 19.9 Å². The Bertz CT molecular complexity index is 102. The van der Waals surface area contributed by atoms with Gasteiger partial charge in [-0.05, 0) is 0 Å². The minimum absolute atomic E-state index is 0.0637. The number of amides is 1. The van der Waals surface area contributed by atoms with Gasteiger partial charge in [0.05, 0.1) is 20.6 Å². The van der Waals surface area contributed by atoms with Gasteiger partial charge in [-0.25, -0.2) is 0 Å². The number of carbonyl (C=O) groups excluding carboxylic acids is 1. The van der Waals surface area contributed by atoms with Crippen molar-refractivity contribution in [3.63, 3.8) is 0 Å². The van der Waals surface area contributed by atoms with E-state index >= 15 is 0 Å². The molecule has 3 heteroatoms. The van der Waals surface area contributed by atoms with Gasteiger partial charge >= 0.3 is 0 Å². The van der Waals surface area contributed by atoms with E-state index in [-0.39, 0.29) is 5.91 Å². The van der Waals surface area contributed by atoms with Crippen molar-refractivity contribution in [2.75, 3.05) is 27.2 Å². The first kappa shape index (κ1) is 9.43. The maximum absolute atomic E-state index is 10.4. The fourth-order valence-corrected chi connectivity index (χ4v) is 0.706. The molecule has 0 unspecified atom stereocenters. The summed E-state index contributed by atoms with van der Waals surface area (Å²) < 4.78 is 0. The Balaban J connectivity index is 2.98. The van der Waals surface area contributed by atoms with E-state index in [0.717, 1.165) is 19.5 Å². The summed E-state index contributed by atoms with van der Waals surface area (Å²) in [6.45, 7) is 3.46. The smallest absolute Gasteiger partial charge is 0.216 e. The van der Waals surface area contributed by atoms with Gasteiger partial charge in [0.1, 0.15) is 0 Å². The van der Waals surface area contributed by atoms with Crippen LogP contribution in [0.2, 0.25) is 0 Å². The van der Waals surface area contributed by atoms with Crippen molar-refractivity contribution in [2.45, 2.75) is 13.3 Å². The highest BCUT2D eigenvalue weighted by molar-refractivity contribution is 5.72. The van der Waals surface area contributed by atoms with Crippen LogP contribution in [0.25, 0.3) is 0 Å². The van der Waals surface area contributed by atoms with Gasteiger partial charge < -0.3 is 10.2 Å². The van der Waals surface area contributed by atoms with E-state index in [2.05, 4.69) is 19.4 Å². The third-order valence-corrected chi connectivity index (χ3v) is 1.23. The van der Waals surface area contributed by atoms with Gasteiger partial charge in [0.25, 0.3) is 0 Å². The van der Waals surface area contributed by atoms with Crippen molar-refractivity contribution in [1.29, 1.82) is 0 Å². The van der Waals surface area contributed by atoms with Crippen LogP contribution in [0, 0.1) is 0 Å². The number of nitrogens with one attached hydrogen (secondary N) is 2. The molecule has 60 valence electrons. The fraction of sp³-hybridized carbons (Fsp3) is 0.857. The Labute approximate surface area is 62.4 Å². The minimum atomic E-state index is 0.0637. The first-order valence-corrected chi connectivity index (χ1v) is 3.66. The lowest BCUT2D eigenvalue weighted by molar-refractivity contribution is -0.858. The summed E-state index contributed by atoms with van der Waals surface area (Å²) in [6.07, 6.45) is 1.06. The molecule has 0 saturated heterocycles. The van der Waals surface area contributed by atoms with Crippen LogP contribution >= 0.6 is 0 Å². The molecule has 0 rings (SSSR count). The molecule has 0 aliphatic heterocycles. The van der Waals surface area contributed by atoms with Gasteiger partial charge in [-0.3, -0.25) is 4.79 Å². The van der Waals surface area contributed by atoms with E-state index in [0.29, 0.717) is 0 Å². The molecule has 0 radical (unpaired) electrons. The molecule has 0 aromatic heterocycles.